The summed E-state index contributed by atoms with van der Waals surface area (Å²) in [6.07, 6.45) is 3.62. The van der Waals surface area contributed by atoms with Gasteiger partial charge in [0.2, 0.25) is 0 Å². The Hall–Kier alpha value is -0.830. The van der Waals surface area contributed by atoms with E-state index in [-0.39, 0.29) is 24.0 Å². The van der Waals surface area contributed by atoms with Crippen molar-refractivity contribution >= 4 is 39.8 Å². The fraction of sp³-hybridized carbons (Fsp3) is 0.562. The van der Waals surface area contributed by atoms with E-state index in [0.717, 1.165) is 30.5 Å². The van der Waals surface area contributed by atoms with Crippen LogP contribution in [0.2, 0.25) is 0 Å². The number of halogens is 1. The van der Waals surface area contributed by atoms with Crippen LogP contribution in [0.4, 0.5) is 0 Å². The summed E-state index contributed by atoms with van der Waals surface area (Å²) in [7, 11) is -1.33. The molecule has 0 aromatic heterocycles. The first-order chi connectivity index (χ1) is 10.4. The largest absolute Gasteiger partial charge is 0.352 e. The number of rotatable bonds is 3. The number of aliphatic imine (C=N–C) groups is 1. The van der Waals surface area contributed by atoms with Gasteiger partial charge in [0.25, 0.3) is 0 Å². The van der Waals surface area contributed by atoms with Gasteiger partial charge in [-0.3, -0.25) is 4.99 Å². The molecule has 1 saturated heterocycles. The molecule has 0 amide bonds. The van der Waals surface area contributed by atoms with E-state index < -0.39 is 9.84 Å². The molecule has 0 radical (unpaired) electrons. The second kappa shape index (κ2) is 8.86. The topological polar surface area (TPSA) is 61.8 Å². The number of nitrogens with zero attached hydrogens (tertiary/aromatic N) is 2. The number of sulfone groups is 1. The van der Waals surface area contributed by atoms with Gasteiger partial charge in [-0.25, -0.2) is 8.42 Å². The predicted octanol–water partition coefficient (Wildman–Crippen LogP) is 2.52. The highest BCUT2D eigenvalue weighted by molar-refractivity contribution is 14.0. The predicted molar refractivity (Wildman–Crippen MR) is 105 cm³/mol. The Labute approximate surface area is 156 Å². The van der Waals surface area contributed by atoms with Crippen LogP contribution >= 0.6 is 24.0 Å². The summed E-state index contributed by atoms with van der Waals surface area (Å²) in [6.45, 7) is 5.00. The Kier molecular flexibility index (Phi) is 7.79. The maximum absolute atomic E-state index is 11.4. The van der Waals surface area contributed by atoms with Crippen LogP contribution in [-0.2, 0) is 16.4 Å². The molecular weight excluding hydrogens is 425 g/mol. The Morgan fingerprint density at radius 2 is 1.83 bits per heavy atom. The van der Waals surface area contributed by atoms with Gasteiger partial charge in [0.15, 0.2) is 15.8 Å². The van der Waals surface area contributed by atoms with Gasteiger partial charge < -0.3 is 10.2 Å². The van der Waals surface area contributed by atoms with Crippen LogP contribution < -0.4 is 5.32 Å². The second-order valence-electron chi connectivity index (χ2n) is 5.99. The summed E-state index contributed by atoms with van der Waals surface area (Å²) < 4.78 is 22.9. The smallest absolute Gasteiger partial charge is 0.193 e. The molecule has 1 N–H and O–H groups in total. The molecule has 0 saturated carbocycles. The van der Waals surface area contributed by atoms with Crippen LogP contribution in [0.15, 0.2) is 34.2 Å². The number of guanidine groups is 1. The monoisotopic (exact) mass is 451 g/mol. The SMILES string of the molecule is CN=C(NCc1ccc(S(C)(=O)=O)cc1)N1CCC(C)CC1.I. The number of benzene rings is 1. The van der Waals surface area contributed by atoms with Gasteiger partial charge in [-0.05, 0) is 36.5 Å². The lowest BCUT2D eigenvalue weighted by atomic mass is 10.00. The van der Waals surface area contributed by atoms with Crippen LogP contribution in [0.25, 0.3) is 0 Å². The third-order valence-electron chi connectivity index (χ3n) is 4.10. The molecule has 1 fully saturated rings. The van der Waals surface area contributed by atoms with Crippen molar-refractivity contribution in [1.82, 2.24) is 10.2 Å². The van der Waals surface area contributed by atoms with Crippen LogP contribution in [0.5, 0.6) is 0 Å². The summed E-state index contributed by atoms with van der Waals surface area (Å²) in [6, 6.07) is 6.99. The number of hydrogen-bond acceptors (Lipinski definition) is 3. The van der Waals surface area contributed by atoms with Crippen molar-refractivity contribution in [2.75, 3.05) is 26.4 Å². The van der Waals surface area contributed by atoms with Crippen molar-refractivity contribution in [3.05, 3.63) is 29.8 Å². The molecule has 23 heavy (non-hydrogen) atoms. The summed E-state index contributed by atoms with van der Waals surface area (Å²) >= 11 is 0. The van der Waals surface area contributed by atoms with Crippen LogP contribution in [0.1, 0.15) is 25.3 Å². The average Bonchev–Trinajstić information content (AvgIpc) is 2.49. The van der Waals surface area contributed by atoms with E-state index in [0.29, 0.717) is 11.4 Å². The van der Waals surface area contributed by atoms with Crippen molar-refractivity contribution < 1.29 is 8.42 Å². The maximum Gasteiger partial charge on any atom is 0.193 e. The first kappa shape index (κ1) is 20.2. The van der Waals surface area contributed by atoms with Crippen LogP contribution in [0.3, 0.4) is 0 Å². The molecule has 5 nitrogen and oxygen atoms in total. The molecule has 0 unspecified atom stereocenters. The molecule has 0 bridgehead atoms. The number of hydrogen-bond donors (Lipinski definition) is 1. The molecule has 1 aromatic rings. The van der Waals surface area contributed by atoms with E-state index in [2.05, 4.69) is 22.1 Å². The summed E-state index contributed by atoms with van der Waals surface area (Å²) in [5.41, 5.74) is 1.04. The highest BCUT2D eigenvalue weighted by Gasteiger charge is 2.18. The minimum Gasteiger partial charge on any atom is -0.352 e. The minimum absolute atomic E-state index is 0. The van der Waals surface area contributed by atoms with Crippen molar-refractivity contribution in [2.45, 2.75) is 31.2 Å². The first-order valence-electron chi connectivity index (χ1n) is 7.64. The molecule has 0 aliphatic carbocycles. The van der Waals surface area contributed by atoms with E-state index in [9.17, 15) is 8.42 Å². The van der Waals surface area contributed by atoms with Crippen LogP contribution in [0, 0.1) is 5.92 Å². The molecule has 7 heteroatoms. The lowest BCUT2D eigenvalue weighted by molar-refractivity contribution is 0.273. The summed E-state index contributed by atoms with van der Waals surface area (Å²) in [4.78, 5) is 6.98. The average molecular weight is 451 g/mol. The number of likely N-dealkylation sites (tertiary alicyclic amines) is 1. The van der Waals surface area contributed by atoms with Crippen molar-refractivity contribution in [3.8, 4) is 0 Å². The fourth-order valence-corrected chi connectivity index (χ4v) is 3.22. The van der Waals surface area contributed by atoms with Crippen molar-refractivity contribution in [2.24, 2.45) is 10.9 Å². The fourth-order valence-electron chi connectivity index (χ4n) is 2.59. The zero-order valence-electron chi connectivity index (χ0n) is 13.9. The van der Waals surface area contributed by atoms with Gasteiger partial charge >= 0.3 is 0 Å². The van der Waals surface area contributed by atoms with Gasteiger partial charge in [-0.15, -0.1) is 24.0 Å². The summed E-state index contributed by atoms with van der Waals surface area (Å²) in [5.74, 6) is 1.71. The molecule has 130 valence electrons. The van der Waals surface area contributed by atoms with Crippen LogP contribution in [-0.4, -0.2) is 45.7 Å². The quantitative estimate of drug-likeness (QED) is 0.436. The maximum atomic E-state index is 11.4. The number of piperidine rings is 1. The molecule has 2 rings (SSSR count). The molecular formula is C16H26IN3O2S. The standard InChI is InChI=1S/C16H25N3O2S.HI/c1-13-8-10-19(11-9-13)16(17-2)18-12-14-4-6-15(7-5-14)22(3,20)21;/h4-7,13H,8-12H2,1-3H3,(H,17,18);1H. The molecule has 1 aliphatic rings. The molecule has 1 aromatic carbocycles. The molecule has 1 heterocycles. The Morgan fingerprint density at radius 1 is 1.26 bits per heavy atom. The lowest BCUT2D eigenvalue weighted by Gasteiger charge is -2.32. The van der Waals surface area contributed by atoms with E-state index in [1.807, 2.05) is 12.1 Å². The highest BCUT2D eigenvalue weighted by Crippen LogP contribution is 2.16. The third kappa shape index (κ3) is 5.95. The van der Waals surface area contributed by atoms with Crippen molar-refractivity contribution in [1.29, 1.82) is 0 Å². The van der Waals surface area contributed by atoms with Crippen molar-refractivity contribution in [3.63, 3.8) is 0 Å². The normalized spacial score (nSPS) is 16.8. The minimum atomic E-state index is -3.13. The highest BCUT2D eigenvalue weighted by atomic mass is 127. The van der Waals surface area contributed by atoms with E-state index in [1.54, 1.807) is 19.2 Å². The zero-order chi connectivity index (χ0) is 16.2. The second-order valence-corrected chi connectivity index (χ2v) is 8.00. The van der Waals surface area contributed by atoms with E-state index in [1.165, 1.54) is 19.1 Å². The third-order valence-corrected chi connectivity index (χ3v) is 5.23. The van der Waals surface area contributed by atoms with Gasteiger partial charge in [0, 0.05) is 32.9 Å². The van der Waals surface area contributed by atoms with E-state index in [4.69, 9.17) is 0 Å². The molecule has 1 aliphatic heterocycles. The van der Waals surface area contributed by atoms with Gasteiger partial charge in [-0.1, -0.05) is 19.1 Å². The van der Waals surface area contributed by atoms with E-state index >= 15 is 0 Å². The Balaban J connectivity index is 0.00000264. The first-order valence-corrected chi connectivity index (χ1v) is 9.54. The molecule has 0 atom stereocenters. The Morgan fingerprint density at radius 3 is 2.30 bits per heavy atom. The number of nitrogens with one attached hydrogen (secondary N) is 1. The van der Waals surface area contributed by atoms with Gasteiger partial charge in [0.1, 0.15) is 0 Å². The zero-order valence-corrected chi connectivity index (χ0v) is 17.1. The van der Waals surface area contributed by atoms with Gasteiger partial charge in [-0.2, -0.15) is 0 Å². The summed E-state index contributed by atoms with van der Waals surface area (Å²) in [5, 5.41) is 3.35. The molecule has 0 spiro atoms. The lowest BCUT2D eigenvalue weighted by Crippen LogP contribution is -2.45. The van der Waals surface area contributed by atoms with Gasteiger partial charge in [0.05, 0.1) is 4.90 Å². The Bertz CT molecular complexity index is 621.